The molecule has 8 heteroatoms. The van der Waals surface area contributed by atoms with Crippen LogP contribution in [0, 0.1) is 5.92 Å². The minimum Gasteiger partial charge on any atom is -0.508 e. The van der Waals surface area contributed by atoms with Gasteiger partial charge in [-0.15, -0.1) is 0 Å². The zero-order valence-corrected chi connectivity index (χ0v) is 13.4. The number of nitrogens with zero attached hydrogens (tertiary/aromatic N) is 4. The summed E-state index contributed by atoms with van der Waals surface area (Å²) in [6.45, 7) is 3.49. The van der Waals surface area contributed by atoms with Crippen LogP contribution >= 0.6 is 0 Å². The molecule has 1 atom stereocenters. The van der Waals surface area contributed by atoms with Crippen LogP contribution in [0.3, 0.4) is 0 Å². The summed E-state index contributed by atoms with van der Waals surface area (Å²) in [4.78, 5) is 33.0. The lowest BCUT2D eigenvalue weighted by atomic mass is 10.1. The Morgan fingerprint density at radius 1 is 1.21 bits per heavy atom. The van der Waals surface area contributed by atoms with E-state index in [1.807, 2.05) is 9.47 Å². The number of benzene rings is 1. The number of aryl methyl sites for hydroxylation is 1. The number of anilines is 2. The van der Waals surface area contributed by atoms with E-state index >= 15 is 0 Å². The third-order valence-corrected chi connectivity index (χ3v) is 4.38. The van der Waals surface area contributed by atoms with E-state index in [0.717, 1.165) is 12.2 Å². The van der Waals surface area contributed by atoms with Gasteiger partial charge in [0, 0.05) is 25.8 Å². The van der Waals surface area contributed by atoms with Crippen LogP contribution < -0.4 is 16.1 Å². The molecule has 1 aliphatic heterocycles. The molecule has 3 heterocycles. The largest absolute Gasteiger partial charge is 0.508 e. The maximum atomic E-state index is 12.3. The third-order valence-electron chi connectivity index (χ3n) is 4.38. The van der Waals surface area contributed by atoms with Crippen LogP contribution in [-0.2, 0) is 13.6 Å². The summed E-state index contributed by atoms with van der Waals surface area (Å²) in [6.07, 6.45) is 0. The predicted octanol–water partition coefficient (Wildman–Crippen LogP) is 0.917. The second-order valence-electron chi connectivity index (χ2n) is 6.25. The molecule has 0 bridgehead atoms. The van der Waals surface area contributed by atoms with E-state index in [2.05, 4.69) is 16.9 Å². The standard InChI is InChI=1S/C16H17N5O3/c1-9-7-20(10-3-5-11(22)6-4-10)15-17-13-12(21(15)8-9)14(23)18-16(24)19(13)2/h3-6,9,22H,7-8H2,1-2H3,(H,18,23,24)/t9-/m1/s1. The molecule has 0 unspecified atom stereocenters. The monoisotopic (exact) mass is 327 g/mol. The van der Waals surface area contributed by atoms with E-state index in [-0.39, 0.29) is 5.75 Å². The quantitative estimate of drug-likeness (QED) is 0.693. The molecule has 1 aromatic carbocycles. The van der Waals surface area contributed by atoms with Crippen LogP contribution in [0.4, 0.5) is 11.6 Å². The molecule has 0 aliphatic carbocycles. The van der Waals surface area contributed by atoms with Crippen molar-refractivity contribution in [1.82, 2.24) is 19.1 Å². The SMILES string of the molecule is C[C@@H]1CN(c2ccc(O)cc2)c2nc3c(c(=O)[nH]c(=O)n3C)n2C1. The summed E-state index contributed by atoms with van der Waals surface area (Å²) in [6, 6.07) is 6.84. The minimum absolute atomic E-state index is 0.191. The molecule has 3 aromatic rings. The Kier molecular flexibility index (Phi) is 3.02. The van der Waals surface area contributed by atoms with Gasteiger partial charge in [0.25, 0.3) is 5.56 Å². The maximum absolute atomic E-state index is 12.3. The van der Waals surface area contributed by atoms with Crippen molar-refractivity contribution in [2.24, 2.45) is 13.0 Å². The number of aromatic hydroxyl groups is 1. The molecule has 2 aromatic heterocycles. The van der Waals surface area contributed by atoms with Crippen LogP contribution in [0.5, 0.6) is 5.75 Å². The van der Waals surface area contributed by atoms with Crippen molar-refractivity contribution in [2.75, 3.05) is 11.4 Å². The maximum Gasteiger partial charge on any atom is 0.329 e. The van der Waals surface area contributed by atoms with Crippen molar-refractivity contribution >= 4 is 22.8 Å². The zero-order chi connectivity index (χ0) is 17.0. The molecule has 24 heavy (non-hydrogen) atoms. The molecule has 2 N–H and O–H groups in total. The smallest absolute Gasteiger partial charge is 0.329 e. The number of imidazole rings is 1. The van der Waals surface area contributed by atoms with Gasteiger partial charge in [-0.25, -0.2) is 4.79 Å². The summed E-state index contributed by atoms with van der Waals surface area (Å²) in [5, 5.41) is 9.50. The van der Waals surface area contributed by atoms with Crippen molar-refractivity contribution in [1.29, 1.82) is 0 Å². The number of rotatable bonds is 1. The molecular formula is C16H17N5O3. The molecule has 0 saturated carbocycles. The fraction of sp³-hybridized carbons (Fsp3) is 0.312. The van der Waals surface area contributed by atoms with Crippen LogP contribution in [0.2, 0.25) is 0 Å². The Balaban J connectivity index is 2.00. The highest BCUT2D eigenvalue weighted by molar-refractivity contribution is 5.77. The first-order valence-electron chi connectivity index (χ1n) is 7.72. The Labute approximate surface area is 136 Å². The van der Waals surface area contributed by atoms with Gasteiger partial charge in [-0.2, -0.15) is 4.98 Å². The van der Waals surface area contributed by atoms with E-state index in [1.54, 1.807) is 31.3 Å². The third kappa shape index (κ3) is 2.03. The summed E-state index contributed by atoms with van der Waals surface area (Å²) in [7, 11) is 1.59. The molecule has 0 radical (unpaired) electrons. The lowest BCUT2D eigenvalue weighted by Gasteiger charge is -2.32. The highest BCUT2D eigenvalue weighted by atomic mass is 16.3. The lowest BCUT2D eigenvalue weighted by Crippen LogP contribution is -2.35. The van der Waals surface area contributed by atoms with Gasteiger partial charge in [-0.05, 0) is 30.2 Å². The number of hydrogen-bond donors (Lipinski definition) is 2. The van der Waals surface area contributed by atoms with Gasteiger partial charge in [0.2, 0.25) is 5.95 Å². The fourth-order valence-corrected chi connectivity index (χ4v) is 3.22. The van der Waals surface area contributed by atoms with Crippen LogP contribution in [0.25, 0.3) is 11.2 Å². The first kappa shape index (κ1) is 14.6. The molecular weight excluding hydrogens is 310 g/mol. The Bertz CT molecular complexity index is 1040. The number of hydrogen-bond acceptors (Lipinski definition) is 5. The zero-order valence-electron chi connectivity index (χ0n) is 13.4. The van der Waals surface area contributed by atoms with Gasteiger partial charge in [0.1, 0.15) is 5.75 Å². The van der Waals surface area contributed by atoms with Crippen molar-refractivity contribution in [2.45, 2.75) is 13.5 Å². The molecule has 0 amide bonds. The summed E-state index contributed by atoms with van der Waals surface area (Å²) >= 11 is 0. The van der Waals surface area contributed by atoms with Gasteiger partial charge in [0.15, 0.2) is 11.2 Å². The average molecular weight is 327 g/mol. The number of fused-ring (bicyclic) bond motifs is 3. The number of phenols is 1. The molecule has 0 fully saturated rings. The van der Waals surface area contributed by atoms with Crippen molar-refractivity contribution < 1.29 is 5.11 Å². The fourth-order valence-electron chi connectivity index (χ4n) is 3.22. The Morgan fingerprint density at radius 3 is 2.62 bits per heavy atom. The van der Waals surface area contributed by atoms with Crippen LogP contribution in [-0.4, -0.2) is 30.8 Å². The van der Waals surface area contributed by atoms with E-state index in [0.29, 0.717) is 29.6 Å². The number of phenolic OH excluding ortho intramolecular Hbond substituents is 1. The average Bonchev–Trinajstić information content (AvgIpc) is 2.92. The number of aromatic nitrogens is 4. The van der Waals surface area contributed by atoms with E-state index in [4.69, 9.17) is 0 Å². The van der Waals surface area contributed by atoms with Gasteiger partial charge in [0.05, 0.1) is 0 Å². The predicted molar refractivity (Wildman–Crippen MR) is 89.9 cm³/mol. The summed E-state index contributed by atoms with van der Waals surface area (Å²) in [5.41, 5.74) is 0.746. The van der Waals surface area contributed by atoms with Crippen molar-refractivity contribution in [3.8, 4) is 5.75 Å². The Morgan fingerprint density at radius 2 is 1.92 bits per heavy atom. The number of nitrogens with one attached hydrogen (secondary N) is 1. The van der Waals surface area contributed by atoms with E-state index in [1.165, 1.54) is 4.57 Å². The van der Waals surface area contributed by atoms with Crippen molar-refractivity contribution in [3.63, 3.8) is 0 Å². The lowest BCUT2D eigenvalue weighted by molar-refractivity contribution is 0.458. The molecule has 0 spiro atoms. The minimum atomic E-state index is -0.479. The van der Waals surface area contributed by atoms with Crippen molar-refractivity contribution in [3.05, 3.63) is 45.1 Å². The number of aromatic amines is 1. The molecule has 1 aliphatic rings. The van der Waals surface area contributed by atoms with Crippen LogP contribution in [0.1, 0.15) is 6.92 Å². The molecule has 124 valence electrons. The molecule has 8 nitrogen and oxygen atoms in total. The topological polar surface area (TPSA) is 96.2 Å². The molecule has 0 saturated heterocycles. The second kappa shape index (κ2) is 4.98. The number of H-pyrrole nitrogens is 1. The van der Waals surface area contributed by atoms with E-state index in [9.17, 15) is 14.7 Å². The highest BCUT2D eigenvalue weighted by Crippen LogP contribution is 2.33. The van der Waals surface area contributed by atoms with Gasteiger partial charge in [-0.3, -0.25) is 14.3 Å². The summed E-state index contributed by atoms with van der Waals surface area (Å²) in [5.74, 6) is 1.11. The van der Waals surface area contributed by atoms with Crippen LogP contribution in [0.15, 0.2) is 33.9 Å². The molecule has 4 rings (SSSR count). The van der Waals surface area contributed by atoms with Gasteiger partial charge < -0.3 is 14.6 Å². The summed E-state index contributed by atoms with van der Waals surface area (Å²) < 4.78 is 3.20. The first-order valence-corrected chi connectivity index (χ1v) is 7.72. The van der Waals surface area contributed by atoms with Gasteiger partial charge >= 0.3 is 5.69 Å². The Hall–Kier alpha value is -3.03. The second-order valence-corrected chi connectivity index (χ2v) is 6.25. The highest BCUT2D eigenvalue weighted by Gasteiger charge is 2.28. The normalized spacial score (nSPS) is 17.2. The first-order chi connectivity index (χ1) is 11.5. The van der Waals surface area contributed by atoms with Gasteiger partial charge in [-0.1, -0.05) is 6.92 Å². The van der Waals surface area contributed by atoms with E-state index < -0.39 is 11.2 Å².